The van der Waals surface area contributed by atoms with Gasteiger partial charge in [-0.25, -0.2) is 4.98 Å². The van der Waals surface area contributed by atoms with Crippen molar-refractivity contribution in [1.82, 2.24) is 4.98 Å². The van der Waals surface area contributed by atoms with Gasteiger partial charge in [0.2, 0.25) is 5.89 Å². The maximum Gasteiger partial charge on any atom is 0.259 e. The number of anilines is 1. The van der Waals surface area contributed by atoms with E-state index in [0.717, 1.165) is 26.7 Å². The van der Waals surface area contributed by atoms with E-state index in [9.17, 15) is 4.79 Å². The number of carbonyl (C=O) groups excluding carboxylic acids is 1. The molecular weight excluding hydrogens is 500 g/mol. The molecule has 1 heterocycles. The largest absolute Gasteiger partial charge is 0.495 e. The first-order chi connectivity index (χ1) is 13.9. The van der Waals surface area contributed by atoms with E-state index < -0.39 is 0 Å². The summed E-state index contributed by atoms with van der Waals surface area (Å²) in [6, 6.07) is 16.8. The van der Waals surface area contributed by atoms with Crippen LogP contribution in [-0.2, 0) is 0 Å². The van der Waals surface area contributed by atoms with Gasteiger partial charge in [-0.1, -0.05) is 22.0 Å². The molecule has 1 amide bonds. The van der Waals surface area contributed by atoms with Crippen molar-refractivity contribution >= 4 is 54.6 Å². The Morgan fingerprint density at radius 1 is 1.07 bits per heavy atom. The van der Waals surface area contributed by atoms with Crippen LogP contribution in [0, 0.1) is 6.92 Å². The van der Waals surface area contributed by atoms with Crippen LogP contribution >= 0.6 is 31.9 Å². The number of rotatable bonds is 4. The number of carbonyl (C=O) groups is 1. The Morgan fingerprint density at radius 2 is 1.83 bits per heavy atom. The van der Waals surface area contributed by atoms with E-state index in [2.05, 4.69) is 42.2 Å². The molecule has 0 atom stereocenters. The summed E-state index contributed by atoms with van der Waals surface area (Å²) in [4.78, 5) is 17.3. The molecule has 146 valence electrons. The molecule has 0 aliphatic carbocycles. The number of hydrogen-bond donors (Lipinski definition) is 1. The number of ether oxygens (including phenoxy) is 1. The summed E-state index contributed by atoms with van der Waals surface area (Å²) < 4.78 is 12.7. The lowest BCUT2D eigenvalue weighted by Gasteiger charge is -2.12. The fourth-order valence-electron chi connectivity index (χ4n) is 2.99. The molecule has 0 spiro atoms. The van der Waals surface area contributed by atoms with Gasteiger partial charge in [-0.2, -0.15) is 0 Å². The molecule has 0 saturated heterocycles. The number of hydrogen-bond acceptors (Lipinski definition) is 4. The number of benzene rings is 3. The number of nitrogens with one attached hydrogen (secondary N) is 1. The minimum Gasteiger partial charge on any atom is -0.495 e. The van der Waals surface area contributed by atoms with Crippen molar-refractivity contribution in [2.45, 2.75) is 6.92 Å². The normalized spacial score (nSPS) is 10.9. The molecule has 4 rings (SSSR count). The highest BCUT2D eigenvalue weighted by molar-refractivity contribution is 9.11. The quantitative estimate of drug-likeness (QED) is 0.333. The maximum atomic E-state index is 12.7. The molecule has 3 aromatic carbocycles. The van der Waals surface area contributed by atoms with E-state index in [1.807, 2.05) is 55.5 Å². The number of fused-ring (bicyclic) bond motifs is 1. The molecule has 0 aliphatic rings. The summed E-state index contributed by atoms with van der Waals surface area (Å²) in [6.45, 7) is 2.02. The lowest BCUT2D eigenvalue weighted by molar-refractivity contribution is 0.102. The number of oxazole rings is 1. The Kier molecular flexibility index (Phi) is 5.43. The number of amides is 1. The minimum atomic E-state index is -0.270. The van der Waals surface area contributed by atoms with E-state index in [1.54, 1.807) is 6.07 Å². The van der Waals surface area contributed by atoms with Gasteiger partial charge in [0.15, 0.2) is 5.58 Å². The first kappa shape index (κ1) is 19.7. The first-order valence-electron chi connectivity index (χ1n) is 8.76. The molecule has 0 fully saturated rings. The van der Waals surface area contributed by atoms with Crippen LogP contribution in [0.25, 0.3) is 22.6 Å². The average Bonchev–Trinajstić information content (AvgIpc) is 3.11. The van der Waals surface area contributed by atoms with Crippen LogP contribution in [0.4, 0.5) is 5.69 Å². The Bertz CT molecular complexity index is 1220. The fraction of sp³-hybridized carbons (Fsp3) is 0.0909. The van der Waals surface area contributed by atoms with Gasteiger partial charge in [0.25, 0.3) is 5.91 Å². The van der Waals surface area contributed by atoms with Crippen LogP contribution in [0.3, 0.4) is 0 Å². The van der Waals surface area contributed by atoms with Crippen LogP contribution < -0.4 is 10.1 Å². The zero-order valence-corrected chi connectivity index (χ0v) is 18.8. The Morgan fingerprint density at radius 3 is 2.55 bits per heavy atom. The van der Waals surface area contributed by atoms with Crippen molar-refractivity contribution in [2.75, 3.05) is 12.4 Å². The Labute approximate surface area is 184 Å². The number of methoxy groups -OCH3 is 1. The molecule has 1 aromatic heterocycles. The van der Waals surface area contributed by atoms with Gasteiger partial charge in [-0.05, 0) is 76.9 Å². The van der Waals surface area contributed by atoms with E-state index in [4.69, 9.17) is 9.15 Å². The van der Waals surface area contributed by atoms with Gasteiger partial charge in [0.1, 0.15) is 11.3 Å². The van der Waals surface area contributed by atoms with Crippen molar-refractivity contribution < 1.29 is 13.9 Å². The Hall–Kier alpha value is -2.64. The van der Waals surface area contributed by atoms with Gasteiger partial charge in [-0.15, -0.1) is 0 Å². The van der Waals surface area contributed by atoms with Crippen molar-refractivity contribution in [2.24, 2.45) is 0 Å². The number of aryl methyl sites for hydroxylation is 1. The van der Waals surface area contributed by atoms with E-state index in [0.29, 0.717) is 27.4 Å². The third-order valence-electron chi connectivity index (χ3n) is 4.39. The van der Waals surface area contributed by atoms with Crippen LogP contribution in [-0.4, -0.2) is 18.0 Å². The molecular formula is C22H16Br2N2O3. The van der Waals surface area contributed by atoms with Gasteiger partial charge in [0, 0.05) is 15.7 Å². The van der Waals surface area contributed by atoms with Crippen LogP contribution in [0.1, 0.15) is 15.9 Å². The SMILES string of the molecule is COc1c(Br)cc(Br)cc1C(=O)Nc1ccc(-c2nc3cc(C)ccc3o2)cc1. The van der Waals surface area contributed by atoms with Crippen molar-refractivity contribution in [1.29, 1.82) is 0 Å². The predicted octanol–water partition coefficient (Wildman–Crippen LogP) is 6.59. The van der Waals surface area contributed by atoms with Crippen molar-refractivity contribution in [3.05, 3.63) is 74.7 Å². The third-order valence-corrected chi connectivity index (χ3v) is 5.44. The molecule has 0 radical (unpaired) electrons. The summed E-state index contributed by atoms with van der Waals surface area (Å²) in [5.74, 6) is 0.749. The second-order valence-electron chi connectivity index (χ2n) is 6.49. The highest BCUT2D eigenvalue weighted by Crippen LogP contribution is 2.33. The highest BCUT2D eigenvalue weighted by atomic mass is 79.9. The Balaban J connectivity index is 1.57. The molecule has 0 bridgehead atoms. The predicted molar refractivity (Wildman–Crippen MR) is 121 cm³/mol. The van der Waals surface area contributed by atoms with Gasteiger partial charge >= 0.3 is 0 Å². The lowest BCUT2D eigenvalue weighted by atomic mass is 10.1. The number of aromatic nitrogens is 1. The van der Waals surface area contributed by atoms with Crippen LogP contribution in [0.5, 0.6) is 5.75 Å². The molecule has 1 N–H and O–H groups in total. The third kappa shape index (κ3) is 4.06. The summed E-state index contributed by atoms with van der Waals surface area (Å²) in [5.41, 5.74) is 4.61. The summed E-state index contributed by atoms with van der Waals surface area (Å²) in [6.07, 6.45) is 0. The number of halogens is 2. The molecule has 0 aliphatic heterocycles. The van der Waals surface area contributed by atoms with Crippen molar-refractivity contribution in [3.63, 3.8) is 0 Å². The fourth-order valence-corrected chi connectivity index (χ4v) is 4.38. The topological polar surface area (TPSA) is 64.4 Å². The zero-order chi connectivity index (χ0) is 20.5. The molecule has 0 saturated carbocycles. The number of nitrogens with zero attached hydrogens (tertiary/aromatic N) is 1. The molecule has 0 unspecified atom stereocenters. The first-order valence-corrected chi connectivity index (χ1v) is 10.4. The van der Waals surface area contributed by atoms with E-state index >= 15 is 0 Å². The van der Waals surface area contributed by atoms with Crippen LogP contribution in [0.15, 0.2) is 68.0 Å². The van der Waals surface area contributed by atoms with E-state index in [-0.39, 0.29) is 5.91 Å². The molecule has 5 nitrogen and oxygen atoms in total. The van der Waals surface area contributed by atoms with Crippen LogP contribution in [0.2, 0.25) is 0 Å². The second kappa shape index (κ2) is 8.00. The van der Waals surface area contributed by atoms with E-state index in [1.165, 1.54) is 7.11 Å². The average molecular weight is 516 g/mol. The van der Waals surface area contributed by atoms with Gasteiger partial charge in [0.05, 0.1) is 17.1 Å². The second-order valence-corrected chi connectivity index (χ2v) is 8.26. The summed E-state index contributed by atoms with van der Waals surface area (Å²) >= 11 is 6.82. The maximum absolute atomic E-state index is 12.7. The summed E-state index contributed by atoms with van der Waals surface area (Å²) in [5, 5.41) is 2.89. The molecule has 29 heavy (non-hydrogen) atoms. The van der Waals surface area contributed by atoms with Gasteiger partial charge in [-0.3, -0.25) is 4.79 Å². The monoisotopic (exact) mass is 514 g/mol. The molecule has 4 aromatic rings. The lowest BCUT2D eigenvalue weighted by Crippen LogP contribution is -2.13. The van der Waals surface area contributed by atoms with Crippen molar-refractivity contribution in [3.8, 4) is 17.2 Å². The standard InChI is InChI=1S/C22H16Br2N2O3/c1-12-3-8-19-18(9-12)26-22(29-19)13-4-6-15(7-5-13)25-21(27)16-10-14(23)11-17(24)20(16)28-2/h3-11H,1-2H3,(H,25,27). The highest BCUT2D eigenvalue weighted by Gasteiger charge is 2.17. The minimum absolute atomic E-state index is 0.270. The molecule has 7 heteroatoms. The summed E-state index contributed by atoms with van der Waals surface area (Å²) in [7, 11) is 1.53. The zero-order valence-electron chi connectivity index (χ0n) is 15.6. The van der Waals surface area contributed by atoms with Gasteiger partial charge < -0.3 is 14.5 Å². The smallest absolute Gasteiger partial charge is 0.259 e.